The highest BCUT2D eigenvalue weighted by Gasteiger charge is 2.42. The molecular weight excluding hydrogens is 390 g/mol. The first-order valence-electron chi connectivity index (χ1n) is 10.7. The number of carbonyl (C=O) groups excluding carboxylic acids is 1. The SMILES string of the molecule is COc1cccc(C[C@H]2[C@H]3C[C@H](CN(C(=O)c4ccccn4)C3)c3cccc(=O)n32)c1. The minimum absolute atomic E-state index is 0.00797. The largest absolute Gasteiger partial charge is 0.497 e. The molecule has 1 fully saturated rings. The number of amides is 1. The molecule has 0 N–H and O–H groups in total. The third-order valence-corrected chi connectivity index (χ3v) is 6.55. The smallest absolute Gasteiger partial charge is 0.272 e. The van der Waals surface area contributed by atoms with Crippen molar-refractivity contribution < 1.29 is 9.53 Å². The summed E-state index contributed by atoms with van der Waals surface area (Å²) >= 11 is 0. The normalized spacial score (nSPS) is 22.0. The van der Waals surface area contributed by atoms with Crippen molar-refractivity contribution >= 4 is 5.91 Å². The molecule has 6 nitrogen and oxygen atoms in total. The molecule has 158 valence electrons. The minimum atomic E-state index is -0.0397. The number of ether oxygens (including phenoxy) is 1. The third-order valence-electron chi connectivity index (χ3n) is 6.55. The van der Waals surface area contributed by atoms with E-state index in [1.165, 1.54) is 0 Å². The van der Waals surface area contributed by atoms with Gasteiger partial charge in [-0.1, -0.05) is 24.3 Å². The van der Waals surface area contributed by atoms with Gasteiger partial charge in [0, 0.05) is 43.0 Å². The van der Waals surface area contributed by atoms with E-state index in [0.717, 1.165) is 29.8 Å². The Morgan fingerprint density at radius 1 is 1.10 bits per heavy atom. The number of carbonyl (C=O) groups is 1. The molecule has 2 bridgehead atoms. The second kappa shape index (κ2) is 8.02. The van der Waals surface area contributed by atoms with Crippen LogP contribution in [0.1, 0.15) is 40.1 Å². The van der Waals surface area contributed by atoms with E-state index < -0.39 is 0 Å². The molecule has 2 aromatic heterocycles. The lowest BCUT2D eigenvalue weighted by Crippen LogP contribution is -2.51. The van der Waals surface area contributed by atoms with Crippen LogP contribution in [0.5, 0.6) is 5.75 Å². The second-order valence-corrected chi connectivity index (χ2v) is 8.40. The first kappa shape index (κ1) is 19.5. The Bertz CT molecular complexity index is 1160. The van der Waals surface area contributed by atoms with Gasteiger partial charge >= 0.3 is 0 Å². The molecule has 4 heterocycles. The van der Waals surface area contributed by atoms with E-state index in [4.69, 9.17) is 4.74 Å². The molecular formula is C25H25N3O3. The summed E-state index contributed by atoms with van der Waals surface area (Å²) in [6.45, 7) is 1.24. The summed E-state index contributed by atoms with van der Waals surface area (Å²) in [6.07, 6.45) is 3.35. The molecule has 1 aromatic carbocycles. The summed E-state index contributed by atoms with van der Waals surface area (Å²) in [7, 11) is 1.66. The van der Waals surface area contributed by atoms with Crippen LogP contribution in [0, 0.1) is 5.92 Å². The summed E-state index contributed by atoms with van der Waals surface area (Å²) in [4.78, 5) is 32.2. The predicted octanol–water partition coefficient (Wildman–Crippen LogP) is 3.30. The quantitative estimate of drug-likeness (QED) is 0.656. The fourth-order valence-corrected chi connectivity index (χ4v) is 5.16. The first-order chi connectivity index (χ1) is 15.1. The van der Waals surface area contributed by atoms with Crippen LogP contribution in [0.3, 0.4) is 0 Å². The van der Waals surface area contributed by atoms with E-state index in [-0.39, 0.29) is 29.3 Å². The van der Waals surface area contributed by atoms with E-state index >= 15 is 0 Å². The summed E-state index contributed by atoms with van der Waals surface area (Å²) in [5, 5.41) is 0. The molecule has 6 heteroatoms. The number of rotatable bonds is 4. The Labute approximate surface area is 181 Å². The maximum Gasteiger partial charge on any atom is 0.272 e. The van der Waals surface area contributed by atoms with E-state index in [1.807, 2.05) is 51.9 Å². The maximum absolute atomic E-state index is 13.1. The summed E-state index contributed by atoms with van der Waals surface area (Å²) in [6, 6.07) is 18.9. The lowest BCUT2D eigenvalue weighted by molar-refractivity contribution is 0.0523. The molecule has 1 saturated heterocycles. The van der Waals surface area contributed by atoms with E-state index in [1.54, 1.807) is 25.4 Å². The van der Waals surface area contributed by atoms with Crippen molar-refractivity contribution in [1.29, 1.82) is 0 Å². The van der Waals surface area contributed by atoms with Gasteiger partial charge in [0.2, 0.25) is 0 Å². The number of piperidine rings is 1. The molecule has 3 aromatic rings. The fourth-order valence-electron chi connectivity index (χ4n) is 5.16. The van der Waals surface area contributed by atoms with Gasteiger partial charge in [0.1, 0.15) is 11.4 Å². The van der Waals surface area contributed by atoms with Crippen LogP contribution in [0.15, 0.2) is 71.7 Å². The fraction of sp³-hybridized carbons (Fsp3) is 0.320. The van der Waals surface area contributed by atoms with Gasteiger partial charge in [-0.25, -0.2) is 0 Å². The van der Waals surface area contributed by atoms with Crippen LogP contribution in [0.2, 0.25) is 0 Å². The average Bonchev–Trinajstić information content (AvgIpc) is 2.82. The van der Waals surface area contributed by atoms with Crippen LogP contribution in [0.4, 0.5) is 0 Å². The van der Waals surface area contributed by atoms with Gasteiger partial charge in [0.05, 0.1) is 7.11 Å². The van der Waals surface area contributed by atoms with Gasteiger partial charge in [0.15, 0.2) is 0 Å². The minimum Gasteiger partial charge on any atom is -0.497 e. The molecule has 2 aliphatic rings. The Balaban J connectivity index is 1.51. The summed E-state index contributed by atoms with van der Waals surface area (Å²) < 4.78 is 7.36. The van der Waals surface area contributed by atoms with Crippen molar-refractivity contribution in [2.75, 3.05) is 20.2 Å². The number of benzene rings is 1. The Morgan fingerprint density at radius 3 is 2.77 bits per heavy atom. The number of likely N-dealkylation sites (tertiary alicyclic amines) is 1. The molecule has 2 aliphatic heterocycles. The van der Waals surface area contributed by atoms with E-state index in [9.17, 15) is 9.59 Å². The van der Waals surface area contributed by atoms with Crippen LogP contribution >= 0.6 is 0 Å². The van der Waals surface area contributed by atoms with Gasteiger partial charge in [-0.15, -0.1) is 0 Å². The number of fused-ring (bicyclic) bond motifs is 4. The zero-order chi connectivity index (χ0) is 21.4. The lowest BCUT2D eigenvalue weighted by Gasteiger charge is -2.47. The number of hydrogen-bond acceptors (Lipinski definition) is 4. The second-order valence-electron chi connectivity index (χ2n) is 8.40. The van der Waals surface area contributed by atoms with Crippen molar-refractivity contribution in [2.45, 2.75) is 24.8 Å². The maximum atomic E-state index is 13.1. The third kappa shape index (κ3) is 3.63. The number of methoxy groups -OCH3 is 1. The molecule has 3 atom stereocenters. The molecule has 1 amide bonds. The highest BCUT2D eigenvalue weighted by molar-refractivity contribution is 5.92. The van der Waals surface area contributed by atoms with Gasteiger partial charge in [-0.3, -0.25) is 14.6 Å². The number of pyridine rings is 2. The van der Waals surface area contributed by atoms with Crippen molar-refractivity contribution in [3.63, 3.8) is 0 Å². The zero-order valence-corrected chi connectivity index (χ0v) is 17.5. The van der Waals surface area contributed by atoms with Crippen molar-refractivity contribution in [2.24, 2.45) is 5.92 Å². The predicted molar refractivity (Wildman–Crippen MR) is 117 cm³/mol. The van der Waals surface area contributed by atoms with E-state index in [0.29, 0.717) is 18.8 Å². The Kier molecular flexibility index (Phi) is 5.06. The monoisotopic (exact) mass is 415 g/mol. The molecule has 0 saturated carbocycles. The standard InChI is InChI=1S/C25H25N3O3/c1-31-20-7-4-6-17(12-20)13-23-19-14-18(22-9-5-10-24(29)28(22)23)15-27(16-19)25(30)21-8-2-3-11-26-21/h2-12,18-19,23H,13-16H2,1H3/t18-,19+,23+/m1/s1. The molecule has 0 unspecified atom stereocenters. The van der Waals surface area contributed by atoms with Crippen LogP contribution in [-0.4, -0.2) is 40.6 Å². The van der Waals surface area contributed by atoms with Crippen LogP contribution in [0.25, 0.3) is 0 Å². The molecule has 0 radical (unpaired) electrons. The highest BCUT2D eigenvalue weighted by atomic mass is 16.5. The van der Waals surface area contributed by atoms with Crippen LogP contribution < -0.4 is 10.3 Å². The van der Waals surface area contributed by atoms with Crippen molar-refractivity contribution in [3.8, 4) is 5.75 Å². The Hall–Kier alpha value is -3.41. The molecule has 5 rings (SSSR count). The highest BCUT2D eigenvalue weighted by Crippen LogP contribution is 2.42. The van der Waals surface area contributed by atoms with E-state index in [2.05, 4.69) is 11.1 Å². The molecule has 31 heavy (non-hydrogen) atoms. The summed E-state index contributed by atoms with van der Waals surface area (Å²) in [5.41, 5.74) is 2.65. The Morgan fingerprint density at radius 2 is 1.97 bits per heavy atom. The van der Waals surface area contributed by atoms with Crippen LogP contribution in [-0.2, 0) is 6.42 Å². The molecule has 0 aliphatic carbocycles. The zero-order valence-electron chi connectivity index (χ0n) is 17.5. The van der Waals surface area contributed by atoms with Gasteiger partial charge in [-0.2, -0.15) is 0 Å². The van der Waals surface area contributed by atoms with Gasteiger partial charge < -0.3 is 14.2 Å². The average molecular weight is 415 g/mol. The number of aromatic nitrogens is 2. The summed E-state index contributed by atoms with van der Waals surface area (Å²) in [5.74, 6) is 1.12. The van der Waals surface area contributed by atoms with Crippen molar-refractivity contribution in [3.05, 3.63) is 94.2 Å². The van der Waals surface area contributed by atoms with Crippen molar-refractivity contribution in [1.82, 2.24) is 14.5 Å². The van der Waals surface area contributed by atoms with Gasteiger partial charge in [-0.05, 0) is 54.7 Å². The number of hydrogen-bond donors (Lipinski definition) is 0. The first-order valence-corrected chi connectivity index (χ1v) is 10.7. The lowest BCUT2D eigenvalue weighted by atomic mass is 9.76. The molecule has 0 spiro atoms. The number of nitrogens with zero attached hydrogens (tertiary/aromatic N) is 3. The topological polar surface area (TPSA) is 64.4 Å². The van der Waals surface area contributed by atoms with Gasteiger partial charge in [0.25, 0.3) is 11.5 Å².